The summed E-state index contributed by atoms with van der Waals surface area (Å²) in [7, 11) is -2.08. The van der Waals surface area contributed by atoms with Crippen molar-refractivity contribution in [1.29, 1.82) is 0 Å². The largest absolute Gasteiger partial charge is 0.308 e. The van der Waals surface area contributed by atoms with Gasteiger partial charge in [-0.25, -0.2) is 8.42 Å². The predicted molar refractivity (Wildman–Crippen MR) is 57.7 cm³/mol. The second kappa shape index (κ2) is 3.59. The van der Waals surface area contributed by atoms with Gasteiger partial charge in [0.15, 0.2) is 0 Å². The van der Waals surface area contributed by atoms with E-state index in [4.69, 9.17) is 0 Å². The van der Waals surface area contributed by atoms with E-state index in [1.807, 2.05) is 0 Å². The van der Waals surface area contributed by atoms with Crippen LogP contribution in [-0.2, 0) is 16.9 Å². The molecule has 0 amide bonds. The van der Waals surface area contributed by atoms with Gasteiger partial charge < -0.3 is 4.57 Å². The van der Waals surface area contributed by atoms with Crippen LogP contribution >= 0.6 is 47.8 Å². The lowest BCUT2D eigenvalue weighted by molar-refractivity contribution is 0.581. The van der Waals surface area contributed by atoms with Crippen molar-refractivity contribution in [3.05, 3.63) is 6.33 Å². The number of alkyl halides is 3. The Kier molecular flexibility index (Phi) is 3.21. The number of sulfone groups is 1. The van der Waals surface area contributed by atoms with Crippen molar-refractivity contribution in [3.8, 4) is 0 Å². The van der Waals surface area contributed by atoms with Crippen molar-refractivity contribution >= 4 is 57.6 Å². The average Bonchev–Trinajstić information content (AvgIpc) is 2.32. The fourth-order valence-corrected chi connectivity index (χ4v) is 2.71. The average molecular weight is 398 g/mol. The van der Waals surface area contributed by atoms with Crippen molar-refractivity contribution < 1.29 is 8.42 Å². The van der Waals surface area contributed by atoms with Gasteiger partial charge in [0, 0.05) is 7.05 Å². The Morgan fingerprint density at radius 2 is 2.00 bits per heavy atom. The Morgan fingerprint density at radius 1 is 1.46 bits per heavy atom. The zero-order valence-corrected chi connectivity index (χ0v) is 11.9. The number of aromatic nitrogens is 3. The van der Waals surface area contributed by atoms with Crippen LogP contribution in [-0.4, -0.2) is 24.7 Å². The fourth-order valence-electron chi connectivity index (χ4n) is 0.619. The summed E-state index contributed by atoms with van der Waals surface area (Å²) in [5.74, 6) is 0. The molecule has 0 saturated heterocycles. The Balaban J connectivity index is 3.33. The SMILES string of the molecule is Cn1cnnc1S(=O)(=O)C(Br)(Br)Br. The first kappa shape index (κ1) is 11.6. The van der Waals surface area contributed by atoms with E-state index in [0.717, 1.165) is 0 Å². The Morgan fingerprint density at radius 3 is 2.31 bits per heavy atom. The summed E-state index contributed by atoms with van der Waals surface area (Å²) in [6, 6.07) is 0. The van der Waals surface area contributed by atoms with Crippen molar-refractivity contribution in [2.45, 2.75) is 6.63 Å². The molecular weight excluding hydrogens is 394 g/mol. The number of aryl methyl sites for hydroxylation is 1. The van der Waals surface area contributed by atoms with Crippen LogP contribution < -0.4 is 0 Å². The zero-order valence-electron chi connectivity index (χ0n) is 6.28. The summed E-state index contributed by atoms with van der Waals surface area (Å²) < 4.78 is 23.3. The van der Waals surface area contributed by atoms with Crippen molar-refractivity contribution in [1.82, 2.24) is 14.8 Å². The molecule has 0 aromatic carbocycles. The van der Waals surface area contributed by atoms with Crippen LogP contribution in [0.4, 0.5) is 0 Å². The maximum Gasteiger partial charge on any atom is 0.252 e. The van der Waals surface area contributed by atoms with Gasteiger partial charge in [0.05, 0.1) is 0 Å². The van der Waals surface area contributed by atoms with Crippen molar-refractivity contribution in [3.63, 3.8) is 0 Å². The maximum absolute atomic E-state index is 11.7. The molecule has 5 nitrogen and oxygen atoms in total. The van der Waals surface area contributed by atoms with Crippen LogP contribution in [0.25, 0.3) is 0 Å². The van der Waals surface area contributed by atoms with Gasteiger partial charge in [-0.3, -0.25) is 0 Å². The van der Waals surface area contributed by atoms with Crippen molar-refractivity contribution in [2.75, 3.05) is 0 Å². The van der Waals surface area contributed by atoms with Crippen molar-refractivity contribution in [2.24, 2.45) is 7.05 Å². The highest BCUT2D eigenvalue weighted by molar-refractivity contribution is 9.42. The number of hydrogen-bond donors (Lipinski definition) is 0. The molecule has 0 aliphatic heterocycles. The first-order valence-electron chi connectivity index (χ1n) is 2.92. The molecule has 1 aromatic rings. The van der Waals surface area contributed by atoms with Gasteiger partial charge in [-0.05, 0) is 47.8 Å². The molecule has 0 aliphatic rings. The monoisotopic (exact) mass is 395 g/mol. The Labute approximate surface area is 100 Å². The summed E-state index contributed by atoms with van der Waals surface area (Å²) in [6.45, 7) is 0. The van der Waals surface area contributed by atoms with Gasteiger partial charge in [-0.2, -0.15) is 0 Å². The third-order valence-electron chi connectivity index (χ3n) is 1.21. The van der Waals surface area contributed by atoms with Gasteiger partial charge >= 0.3 is 0 Å². The molecule has 1 aromatic heterocycles. The molecule has 13 heavy (non-hydrogen) atoms. The smallest absolute Gasteiger partial charge is 0.252 e. The van der Waals surface area contributed by atoms with E-state index in [1.54, 1.807) is 7.05 Å². The summed E-state index contributed by atoms with van der Waals surface area (Å²) in [4.78, 5) is 0. The molecule has 0 unspecified atom stereocenters. The Hall–Kier alpha value is 0.530. The number of halogens is 3. The lowest BCUT2D eigenvalue weighted by Gasteiger charge is -2.11. The minimum absolute atomic E-state index is 0.127. The van der Waals surface area contributed by atoms with E-state index < -0.39 is 11.3 Å². The maximum atomic E-state index is 11.7. The molecular formula is C4H4Br3N3O2S. The minimum Gasteiger partial charge on any atom is -0.308 e. The van der Waals surface area contributed by atoms with E-state index >= 15 is 0 Å². The second-order valence-electron chi connectivity index (χ2n) is 2.17. The first-order valence-corrected chi connectivity index (χ1v) is 6.78. The lowest BCUT2D eigenvalue weighted by atomic mass is 11.1. The lowest BCUT2D eigenvalue weighted by Crippen LogP contribution is -2.21. The third kappa shape index (κ3) is 2.13. The number of rotatable bonds is 1. The summed E-state index contributed by atoms with van der Waals surface area (Å²) in [5.41, 5.74) is 0. The van der Waals surface area contributed by atoms with E-state index in [-0.39, 0.29) is 5.16 Å². The summed E-state index contributed by atoms with van der Waals surface area (Å²) in [5, 5.41) is 6.83. The van der Waals surface area contributed by atoms with Gasteiger partial charge in [0.2, 0.25) is 11.3 Å². The summed E-state index contributed by atoms with van der Waals surface area (Å²) >= 11 is 8.76. The van der Waals surface area contributed by atoms with Crippen LogP contribution in [0.3, 0.4) is 0 Å². The molecule has 0 bridgehead atoms. The van der Waals surface area contributed by atoms with Gasteiger partial charge in [0.25, 0.3) is 5.16 Å². The number of nitrogens with zero attached hydrogens (tertiary/aromatic N) is 3. The highest BCUT2D eigenvalue weighted by atomic mass is 80.0. The van der Waals surface area contributed by atoms with E-state index in [2.05, 4.69) is 58.0 Å². The molecule has 0 aliphatic carbocycles. The normalized spacial score (nSPS) is 13.2. The molecule has 74 valence electrons. The predicted octanol–water partition coefficient (Wildman–Crippen LogP) is 1.38. The van der Waals surface area contributed by atoms with Crippen LogP contribution in [0, 0.1) is 0 Å². The fraction of sp³-hybridized carbons (Fsp3) is 0.500. The molecule has 0 spiro atoms. The van der Waals surface area contributed by atoms with Crippen LogP contribution in [0.1, 0.15) is 0 Å². The Bertz CT molecular complexity index is 407. The highest BCUT2D eigenvalue weighted by Gasteiger charge is 2.40. The van der Waals surface area contributed by atoms with E-state index in [9.17, 15) is 8.42 Å². The molecule has 0 fully saturated rings. The highest BCUT2D eigenvalue weighted by Crippen LogP contribution is 2.42. The van der Waals surface area contributed by atoms with Crippen LogP contribution in [0.15, 0.2) is 11.5 Å². The molecule has 0 N–H and O–H groups in total. The standard InChI is InChI=1S/C4H4Br3N3O2S/c1-10-2-8-9-3(10)13(11,12)4(5,6)7/h2H,1H3. The van der Waals surface area contributed by atoms with E-state index in [1.165, 1.54) is 10.9 Å². The van der Waals surface area contributed by atoms with Gasteiger partial charge in [-0.15, -0.1) is 10.2 Å². The summed E-state index contributed by atoms with van der Waals surface area (Å²) in [6.07, 6.45) is 1.31. The van der Waals surface area contributed by atoms with Crippen LogP contribution in [0.2, 0.25) is 0 Å². The topological polar surface area (TPSA) is 64.8 Å². The molecule has 0 saturated carbocycles. The van der Waals surface area contributed by atoms with Gasteiger partial charge in [0.1, 0.15) is 6.33 Å². The third-order valence-corrected chi connectivity index (χ3v) is 6.51. The minimum atomic E-state index is -3.62. The molecule has 9 heteroatoms. The second-order valence-corrected chi connectivity index (χ2v) is 12.5. The van der Waals surface area contributed by atoms with Crippen LogP contribution in [0.5, 0.6) is 0 Å². The molecule has 0 atom stereocenters. The molecule has 1 rings (SSSR count). The first-order chi connectivity index (χ1) is 5.77. The number of hydrogen-bond acceptors (Lipinski definition) is 4. The van der Waals surface area contributed by atoms with Gasteiger partial charge in [-0.1, -0.05) is 0 Å². The van der Waals surface area contributed by atoms with E-state index in [0.29, 0.717) is 0 Å². The molecule has 1 heterocycles. The zero-order chi connectivity index (χ0) is 10.3. The quantitative estimate of drug-likeness (QED) is 0.672. The molecule has 0 radical (unpaired) electrons.